The molecule has 0 saturated carbocycles. The number of thiophene rings is 1. The van der Waals surface area contributed by atoms with Crippen molar-refractivity contribution < 1.29 is 4.79 Å². The van der Waals surface area contributed by atoms with Crippen LogP contribution >= 0.6 is 11.3 Å². The molecule has 1 heterocycles. The van der Waals surface area contributed by atoms with Crippen molar-refractivity contribution in [2.75, 3.05) is 0 Å². The Balaban J connectivity index is 2.10. The summed E-state index contributed by atoms with van der Waals surface area (Å²) in [6, 6.07) is 12.1. The fraction of sp³-hybridized carbons (Fsp3) is 0.267. The Hall–Kier alpha value is -1.61. The van der Waals surface area contributed by atoms with Gasteiger partial charge in [0.15, 0.2) is 0 Å². The molecule has 0 aliphatic heterocycles. The first-order chi connectivity index (χ1) is 8.81. The van der Waals surface area contributed by atoms with E-state index in [9.17, 15) is 4.79 Å². The third-order valence-corrected chi connectivity index (χ3v) is 3.55. The number of hydrogen-bond acceptors (Lipinski definition) is 2. The minimum Gasteiger partial charge on any atom is -0.345 e. The van der Waals surface area contributed by atoms with E-state index < -0.39 is 0 Å². The number of amides is 1. The standard InChI is InChI=1S/C15H17NOS/c1-2-6-14(12-7-4-3-5-8-12)16-15(17)13-9-10-18-11-13/h3-5,7-11,14H,2,6H2,1H3,(H,16,17)/t14-/m1/s1. The molecular weight excluding hydrogens is 242 g/mol. The monoisotopic (exact) mass is 259 g/mol. The van der Waals surface area contributed by atoms with Crippen LogP contribution in [0.5, 0.6) is 0 Å². The lowest BCUT2D eigenvalue weighted by atomic mass is 10.0. The molecule has 2 nitrogen and oxygen atoms in total. The number of hydrogen-bond donors (Lipinski definition) is 1. The molecule has 2 aromatic rings. The van der Waals surface area contributed by atoms with Crippen molar-refractivity contribution in [3.63, 3.8) is 0 Å². The van der Waals surface area contributed by atoms with Gasteiger partial charge < -0.3 is 5.32 Å². The fourth-order valence-corrected chi connectivity index (χ4v) is 2.57. The summed E-state index contributed by atoms with van der Waals surface area (Å²) in [5.74, 6) is 0.0125. The molecule has 0 saturated heterocycles. The second-order valence-electron chi connectivity index (χ2n) is 4.24. The summed E-state index contributed by atoms with van der Waals surface area (Å²) in [5, 5.41) is 6.91. The lowest BCUT2D eigenvalue weighted by Gasteiger charge is -2.18. The zero-order valence-electron chi connectivity index (χ0n) is 10.4. The predicted octanol–water partition coefficient (Wildman–Crippen LogP) is 4.02. The van der Waals surface area contributed by atoms with E-state index >= 15 is 0 Å². The third kappa shape index (κ3) is 3.20. The van der Waals surface area contributed by atoms with Gasteiger partial charge in [0.2, 0.25) is 0 Å². The minimum absolute atomic E-state index is 0.0125. The molecular formula is C15H17NOS. The molecule has 2 rings (SSSR count). The Morgan fingerprint density at radius 3 is 2.67 bits per heavy atom. The Kier molecular flexibility index (Phi) is 4.53. The summed E-state index contributed by atoms with van der Waals surface area (Å²) in [6.07, 6.45) is 2.00. The second kappa shape index (κ2) is 6.36. The summed E-state index contributed by atoms with van der Waals surface area (Å²) in [7, 11) is 0. The van der Waals surface area contributed by atoms with Crippen molar-refractivity contribution in [2.45, 2.75) is 25.8 Å². The Morgan fingerprint density at radius 2 is 2.06 bits per heavy atom. The van der Waals surface area contributed by atoms with Gasteiger partial charge in [-0.25, -0.2) is 0 Å². The highest BCUT2D eigenvalue weighted by Gasteiger charge is 2.14. The van der Waals surface area contributed by atoms with Crippen LogP contribution in [0.1, 0.15) is 41.7 Å². The molecule has 1 aromatic carbocycles. The van der Waals surface area contributed by atoms with Gasteiger partial charge in [0.05, 0.1) is 11.6 Å². The smallest absolute Gasteiger partial charge is 0.252 e. The van der Waals surface area contributed by atoms with E-state index in [-0.39, 0.29) is 11.9 Å². The zero-order valence-corrected chi connectivity index (χ0v) is 11.2. The highest BCUT2D eigenvalue weighted by Crippen LogP contribution is 2.19. The Labute approximate surface area is 112 Å². The van der Waals surface area contributed by atoms with Crippen LogP contribution in [0.15, 0.2) is 47.2 Å². The van der Waals surface area contributed by atoms with E-state index in [2.05, 4.69) is 24.4 Å². The summed E-state index contributed by atoms with van der Waals surface area (Å²) >= 11 is 1.54. The SMILES string of the molecule is CCC[C@@H](NC(=O)c1ccsc1)c1ccccc1. The lowest BCUT2D eigenvalue weighted by molar-refractivity contribution is 0.0935. The number of carbonyl (C=O) groups excluding carboxylic acids is 1. The number of nitrogens with one attached hydrogen (secondary N) is 1. The van der Waals surface area contributed by atoms with Gasteiger partial charge in [0.25, 0.3) is 5.91 Å². The van der Waals surface area contributed by atoms with Crippen LogP contribution in [-0.2, 0) is 0 Å². The summed E-state index contributed by atoms with van der Waals surface area (Å²) in [5.41, 5.74) is 1.92. The van der Waals surface area contributed by atoms with Crippen molar-refractivity contribution in [1.29, 1.82) is 0 Å². The lowest BCUT2D eigenvalue weighted by Crippen LogP contribution is -2.28. The highest BCUT2D eigenvalue weighted by molar-refractivity contribution is 7.08. The maximum Gasteiger partial charge on any atom is 0.252 e. The molecule has 3 heteroatoms. The topological polar surface area (TPSA) is 29.1 Å². The van der Waals surface area contributed by atoms with Gasteiger partial charge in [-0.05, 0) is 23.4 Å². The zero-order chi connectivity index (χ0) is 12.8. The maximum atomic E-state index is 12.1. The van der Waals surface area contributed by atoms with E-state index in [1.54, 1.807) is 11.3 Å². The quantitative estimate of drug-likeness (QED) is 0.863. The summed E-state index contributed by atoms with van der Waals surface area (Å²) < 4.78 is 0. The molecule has 0 fully saturated rings. The molecule has 1 atom stereocenters. The first kappa shape index (κ1) is 12.8. The van der Waals surface area contributed by atoms with E-state index in [0.29, 0.717) is 0 Å². The van der Waals surface area contributed by atoms with Crippen molar-refractivity contribution in [1.82, 2.24) is 5.32 Å². The average molecular weight is 259 g/mol. The van der Waals surface area contributed by atoms with Crippen molar-refractivity contribution in [2.24, 2.45) is 0 Å². The molecule has 0 aliphatic rings. The van der Waals surface area contributed by atoms with Crippen LogP contribution < -0.4 is 5.32 Å². The van der Waals surface area contributed by atoms with Crippen LogP contribution in [0.2, 0.25) is 0 Å². The molecule has 0 bridgehead atoms. The first-order valence-electron chi connectivity index (χ1n) is 6.19. The third-order valence-electron chi connectivity index (χ3n) is 2.87. The minimum atomic E-state index is 0.0125. The van der Waals surface area contributed by atoms with E-state index in [1.807, 2.05) is 35.0 Å². The van der Waals surface area contributed by atoms with Crippen LogP contribution in [0.4, 0.5) is 0 Å². The van der Waals surface area contributed by atoms with Gasteiger partial charge in [-0.1, -0.05) is 43.7 Å². The van der Waals surface area contributed by atoms with Gasteiger partial charge in [-0.2, -0.15) is 11.3 Å². The molecule has 1 amide bonds. The largest absolute Gasteiger partial charge is 0.345 e. The second-order valence-corrected chi connectivity index (χ2v) is 5.02. The molecule has 94 valence electrons. The molecule has 0 unspecified atom stereocenters. The van der Waals surface area contributed by atoms with Gasteiger partial charge in [-0.3, -0.25) is 4.79 Å². The summed E-state index contributed by atoms with van der Waals surface area (Å²) in [6.45, 7) is 2.13. The van der Waals surface area contributed by atoms with E-state index in [1.165, 1.54) is 5.56 Å². The molecule has 0 aliphatic carbocycles. The number of benzene rings is 1. The number of carbonyl (C=O) groups is 1. The Bertz CT molecular complexity index is 478. The van der Waals surface area contributed by atoms with Crippen LogP contribution in [0.3, 0.4) is 0 Å². The van der Waals surface area contributed by atoms with Gasteiger partial charge in [0.1, 0.15) is 0 Å². The van der Waals surface area contributed by atoms with Gasteiger partial charge in [-0.15, -0.1) is 0 Å². The maximum absolute atomic E-state index is 12.1. The van der Waals surface area contributed by atoms with Crippen LogP contribution in [0.25, 0.3) is 0 Å². The van der Waals surface area contributed by atoms with Crippen molar-refractivity contribution in [3.8, 4) is 0 Å². The molecule has 0 spiro atoms. The molecule has 18 heavy (non-hydrogen) atoms. The molecule has 0 radical (unpaired) electrons. The first-order valence-corrected chi connectivity index (χ1v) is 7.13. The summed E-state index contributed by atoms with van der Waals surface area (Å²) in [4.78, 5) is 12.1. The predicted molar refractivity (Wildman–Crippen MR) is 75.9 cm³/mol. The van der Waals surface area contributed by atoms with Crippen molar-refractivity contribution in [3.05, 3.63) is 58.3 Å². The highest BCUT2D eigenvalue weighted by atomic mass is 32.1. The fourth-order valence-electron chi connectivity index (χ4n) is 1.93. The van der Waals surface area contributed by atoms with Crippen LogP contribution in [-0.4, -0.2) is 5.91 Å². The Morgan fingerprint density at radius 1 is 1.28 bits per heavy atom. The van der Waals surface area contributed by atoms with E-state index in [0.717, 1.165) is 18.4 Å². The van der Waals surface area contributed by atoms with E-state index in [4.69, 9.17) is 0 Å². The van der Waals surface area contributed by atoms with Crippen molar-refractivity contribution >= 4 is 17.2 Å². The van der Waals surface area contributed by atoms with Gasteiger partial charge in [0, 0.05) is 5.38 Å². The molecule has 1 aromatic heterocycles. The normalized spacial score (nSPS) is 12.1. The van der Waals surface area contributed by atoms with Gasteiger partial charge >= 0.3 is 0 Å². The van der Waals surface area contributed by atoms with Crippen LogP contribution in [0, 0.1) is 0 Å². The molecule has 1 N–H and O–H groups in total. The number of rotatable bonds is 5. The average Bonchev–Trinajstić information content (AvgIpc) is 2.93.